The van der Waals surface area contributed by atoms with Crippen LogP contribution in [0.1, 0.15) is 42.2 Å². The van der Waals surface area contributed by atoms with Crippen molar-refractivity contribution in [3.05, 3.63) is 113 Å². The Balaban J connectivity index is 1.85. The van der Waals surface area contributed by atoms with Crippen molar-refractivity contribution in [1.82, 2.24) is 0 Å². The average Bonchev–Trinajstić information content (AvgIpc) is 2.71. The minimum Gasteiger partial charge on any atom is -0.289 e. The van der Waals surface area contributed by atoms with Crippen LogP contribution in [-0.2, 0) is 0 Å². The van der Waals surface area contributed by atoms with E-state index in [-0.39, 0.29) is 22.9 Å². The zero-order chi connectivity index (χ0) is 18.1. The van der Waals surface area contributed by atoms with Gasteiger partial charge in [0.25, 0.3) is 0 Å². The fourth-order valence-corrected chi connectivity index (χ4v) is 3.18. The zero-order valence-electron chi connectivity index (χ0n) is 13.8. The zero-order valence-corrected chi connectivity index (χ0v) is 13.8. The highest BCUT2D eigenvalue weighted by Crippen LogP contribution is 2.30. The smallest absolute Gasteiger partial charge is 0.194 e. The first kappa shape index (κ1) is 15.9. The number of carbonyl (C=O) groups is 3. The summed E-state index contributed by atoms with van der Waals surface area (Å²) < 4.78 is 0. The molecule has 0 bridgehead atoms. The van der Waals surface area contributed by atoms with Crippen LogP contribution in [0.4, 0.5) is 0 Å². The van der Waals surface area contributed by atoms with Crippen molar-refractivity contribution in [2.24, 2.45) is 0 Å². The van der Waals surface area contributed by atoms with Gasteiger partial charge in [0.2, 0.25) is 0 Å². The van der Waals surface area contributed by atoms with Crippen molar-refractivity contribution in [3.8, 4) is 0 Å². The Morgan fingerprint density at radius 1 is 0.615 bits per heavy atom. The van der Waals surface area contributed by atoms with Gasteiger partial charge in [-0.2, -0.15) is 0 Å². The van der Waals surface area contributed by atoms with Crippen molar-refractivity contribution >= 4 is 22.9 Å². The van der Waals surface area contributed by atoms with Crippen LogP contribution in [0, 0.1) is 0 Å². The SMILES string of the molecule is O=C1C=C(c2ccccc2C(=O)c2ccccc2)C(=O)c2ccccc21. The molecule has 0 aliphatic heterocycles. The normalized spacial score (nSPS) is 13.2. The molecule has 0 fully saturated rings. The first-order valence-corrected chi connectivity index (χ1v) is 8.26. The second kappa shape index (κ2) is 6.37. The van der Waals surface area contributed by atoms with Gasteiger partial charge in [-0.3, -0.25) is 14.4 Å². The fourth-order valence-electron chi connectivity index (χ4n) is 3.18. The summed E-state index contributed by atoms with van der Waals surface area (Å²) in [6, 6.07) is 22.5. The van der Waals surface area contributed by atoms with Gasteiger partial charge in [0, 0.05) is 27.8 Å². The molecule has 0 amide bonds. The lowest BCUT2D eigenvalue weighted by atomic mass is 9.83. The fraction of sp³-hybridized carbons (Fsp3) is 0. The van der Waals surface area contributed by atoms with E-state index in [2.05, 4.69) is 0 Å². The molecule has 1 aliphatic rings. The van der Waals surface area contributed by atoms with Crippen molar-refractivity contribution in [1.29, 1.82) is 0 Å². The molecule has 0 saturated heterocycles. The van der Waals surface area contributed by atoms with E-state index in [1.54, 1.807) is 72.8 Å². The van der Waals surface area contributed by atoms with E-state index in [9.17, 15) is 14.4 Å². The summed E-state index contributed by atoms with van der Waals surface area (Å²) in [7, 11) is 0. The number of hydrogen-bond donors (Lipinski definition) is 0. The summed E-state index contributed by atoms with van der Waals surface area (Å²) in [5, 5.41) is 0. The van der Waals surface area contributed by atoms with E-state index in [1.807, 2.05) is 6.07 Å². The highest BCUT2D eigenvalue weighted by atomic mass is 16.1. The maximum atomic E-state index is 12.9. The van der Waals surface area contributed by atoms with Gasteiger partial charge in [0.1, 0.15) is 0 Å². The molecule has 3 aromatic carbocycles. The molecule has 1 aliphatic carbocycles. The predicted octanol–water partition coefficient (Wildman–Crippen LogP) is 4.38. The lowest BCUT2D eigenvalue weighted by Crippen LogP contribution is -2.17. The minimum atomic E-state index is -0.242. The second-order valence-corrected chi connectivity index (χ2v) is 6.04. The number of allylic oxidation sites excluding steroid dienone is 2. The highest BCUT2D eigenvalue weighted by Gasteiger charge is 2.28. The molecule has 3 nitrogen and oxygen atoms in total. The van der Waals surface area contributed by atoms with E-state index in [1.165, 1.54) is 6.08 Å². The number of rotatable bonds is 3. The summed E-state index contributed by atoms with van der Waals surface area (Å²) >= 11 is 0. The molecule has 0 saturated carbocycles. The van der Waals surface area contributed by atoms with Crippen molar-refractivity contribution in [2.45, 2.75) is 0 Å². The minimum absolute atomic E-state index is 0.179. The monoisotopic (exact) mass is 338 g/mol. The van der Waals surface area contributed by atoms with Crippen LogP contribution in [0.15, 0.2) is 84.9 Å². The number of benzene rings is 3. The largest absolute Gasteiger partial charge is 0.289 e. The van der Waals surface area contributed by atoms with Crippen molar-refractivity contribution in [2.75, 3.05) is 0 Å². The highest BCUT2D eigenvalue weighted by molar-refractivity contribution is 6.39. The van der Waals surface area contributed by atoms with E-state index < -0.39 is 0 Å². The number of fused-ring (bicyclic) bond motifs is 1. The van der Waals surface area contributed by atoms with Crippen LogP contribution in [0.2, 0.25) is 0 Å². The number of carbonyl (C=O) groups excluding carboxylic acids is 3. The molecule has 0 spiro atoms. The maximum absolute atomic E-state index is 12.9. The summed E-state index contributed by atoms with van der Waals surface area (Å²) in [6.07, 6.45) is 1.34. The third-order valence-corrected chi connectivity index (χ3v) is 4.46. The van der Waals surface area contributed by atoms with Gasteiger partial charge in [-0.15, -0.1) is 0 Å². The van der Waals surface area contributed by atoms with E-state index in [4.69, 9.17) is 0 Å². The number of hydrogen-bond acceptors (Lipinski definition) is 3. The molecule has 0 atom stereocenters. The van der Waals surface area contributed by atoms with Crippen molar-refractivity contribution < 1.29 is 14.4 Å². The van der Waals surface area contributed by atoms with Crippen LogP contribution in [0.5, 0.6) is 0 Å². The van der Waals surface area contributed by atoms with Crippen LogP contribution >= 0.6 is 0 Å². The number of ketones is 3. The standard InChI is InChI=1S/C23H14O3/c24-21-14-20(23(26)19-13-7-5-11-17(19)21)16-10-4-6-12-18(16)22(25)15-8-2-1-3-9-15/h1-14H. The molecule has 0 unspecified atom stereocenters. The Morgan fingerprint density at radius 3 is 1.92 bits per heavy atom. The summed E-state index contributed by atoms with van der Waals surface area (Å²) in [5.74, 6) is -0.646. The lowest BCUT2D eigenvalue weighted by Gasteiger charge is -2.17. The molecule has 0 N–H and O–H groups in total. The Morgan fingerprint density at radius 2 is 1.19 bits per heavy atom. The molecule has 0 heterocycles. The Kier molecular flexibility index (Phi) is 3.90. The van der Waals surface area contributed by atoms with Gasteiger partial charge in [-0.05, 0) is 11.6 Å². The van der Waals surface area contributed by atoms with Crippen LogP contribution in [0.3, 0.4) is 0 Å². The van der Waals surface area contributed by atoms with Gasteiger partial charge in [0.15, 0.2) is 17.3 Å². The molecule has 4 rings (SSSR count). The van der Waals surface area contributed by atoms with Gasteiger partial charge in [-0.1, -0.05) is 78.9 Å². The lowest BCUT2D eigenvalue weighted by molar-refractivity contribution is 0.100. The molecular weight excluding hydrogens is 324 g/mol. The Labute approximate surface area is 150 Å². The number of Topliss-reactive ketones (excluding diaryl/α,β-unsaturated/α-hetero) is 1. The topological polar surface area (TPSA) is 51.2 Å². The second-order valence-electron chi connectivity index (χ2n) is 6.04. The molecule has 3 aromatic rings. The van der Waals surface area contributed by atoms with Gasteiger partial charge in [-0.25, -0.2) is 0 Å². The molecular formula is C23H14O3. The summed E-state index contributed by atoms with van der Waals surface area (Å²) in [4.78, 5) is 38.3. The summed E-state index contributed by atoms with van der Waals surface area (Å²) in [5.41, 5.74) is 2.45. The first-order valence-electron chi connectivity index (χ1n) is 8.26. The molecule has 124 valence electrons. The quantitative estimate of drug-likeness (QED) is 0.666. The van der Waals surface area contributed by atoms with Crippen LogP contribution in [-0.4, -0.2) is 17.3 Å². The average molecular weight is 338 g/mol. The molecule has 26 heavy (non-hydrogen) atoms. The van der Waals surface area contributed by atoms with E-state index in [0.29, 0.717) is 27.8 Å². The molecule has 3 heteroatoms. The summed E-state index contributed by atoms with van der Waals surface area (Å²) in [6.45, 7) is 0. The van der Waals surface area contributed by atoms with Gasteiger partial charge >= 0.3 is 0 Å². The third-order valence-electron chi connectivity index (χ3n) is 4.46. The molecule has 0 aromatic heterocycles. The van der Waals surface area contributed by atoms with E-state index in [0.717, 1.165) is 0 Å². The van der Waals surface area contributed by atoms with Crippen molar-refractivity contribution in [3.63, 3.8) is 0 Å². The maximum Gasteiger partial charge on any atom is 0.194 e. The first-order chi connectivity index (χ1) is 12.7. The van der Waals surface area contributed by atoms with E-state index >= 15 is 0 Å². The van der Waals surface area contributed by atoms with Gasteiger partial charge in [0.05, 0.1) is 0 Å². The van der Waals surface area contributed by atoms with Gasteiger partial charge < -0.3 is 0 Å². The van der Waals surface area contributed by atoms with Crippen LogP contribution < -0.4 is 0 Å². The third kappa shape index (κ3) is 2.60. The predicted molar refractivity (Wildman–Crippen MR) is 99.4 cm³/mol. The Bertz CT molecular complexity index is 1080. The Hall–Kier alpha value is -3.59. The van der Waals surface area contributed by atoms with Crippen LogP contribution in [0.25, 0.3) is 5.57 Å². The molecule has 0 radical (unpaired) electrons.